The van der Waals surface area contributed by atoms with E-state index in [1.54, 1.807) is 0 Å². The number of nitrogens with zero attached hydrogens (tertiary/aromatic N) is 1. The van der Waals surface area contributed by atoms with Gasteiger partial charge in [0.1, 0.15) is 0 Å². The highest BCUT2D eigenvalue weighted by molar-refractivity contribution is 5.71. The summed E-state index contributed by atoms with van der Waals surface area (Å²) in [5.74, 6) is -0.117. The van der Waals surface area contributed by atoms with E-state index in [1.807, 2.05) is 13.8 Å². The minimum atomic E-state index is -0.117. The van der Waals surface area contributed by atoms with Crippen LogP contribution < -0.4 is 5.32 Å². The highest BCUT2D eigenvalue weighted by Crippen LogP contribution is 1.99. The lowest BCUT2D eigenvalue weighted by molar-refractivity contribution is -0.148. The smallest absolute Gasteiger partial charge is 0.320 e. The van der Waals surface area contributed by atoms with Gasteiger partial charge < -0.3 is 10.1 Å². The number of hydrogen-bond acceptors (Lipinski definition) is 4. The largest absolute Gasteiger partial charge is 0.462 e. The summed E-state index contributed by atoms with van der Waals surface area (Å²) in [4.78, 5) is 13.5. The molecule has 4 heteroatoms. The first-order chi connectivity index (χ1) is 6.58. The van der Waals surface area contributed by atoms with Gasteiger partial charge in [-0.1, -0.05) is 0 Å². The predicted octanol–water partition coefficient (Wildman–Crippen LogP) is 0.232. The van der Waals surface area contributed by atoms with Gasteiger partial charge in [0.25, 0.3) is 0 Å². The molecule has 0 amide bonds. The second kappa shape index (κ2) is 5.32. The van der Waals surface area contributed by atoms with E-state index in [0.29, 0.717) is 12.6 Å². The van der Waals surface area contributed by atoms with Crippen molar-refractivity contribution in [1.29, 1.82) is 0 Å². The van der Waals surface area contributed by atoms with E-state index < -0.39 is 0 Å². The number of piperazine rings is 1. The lowest BCUT2D eigenvalue weighted by Gasteiger charge is -2.31. The molecular formula is C10H20N2O2. The normalized spacial score (nSPS) is 23.9. The molecule has 0 aromatic carbocycles. The highest BCUT2D eigenvalue weighted by atomic mass is 16.5. The Balaban J connectivity index is 2.25. The number of carbonyl (C=O) groups is 1. The fourth-order valence-corrected chi connectivity index (χ4v) is 1.64. The minimum absolute atomic E-state index is 0.0113. The van der Waals surface area contributed by atoms with Crippen molar-refractivity contribution in [2.24, 2.45) is 0 Å². The van der Waals surface area contributed by atoms with Crippen LogP contribution in [0.4, 0.5) is 0 Å². The van der Waals surface area contributed by atoms with Crippen molar-refractivity contribution in [3.63, 3.8) is 0 Å². The molecule has 4 nitrogen and oxygen atoms in total. The molecule has 0 aromatic rings. The van der Waals surface area contributed by atoms with E-state index in [4.69, 9.17) is 4.74 Å². The van der Waals surface area contributed by atoms with Gasteiger partial charge in [-0.25, -0.2) is 0 Å². The summed E-state index contributed by atoms with van der Waals surface area (Å²) in [5, 5.41) is 3.33. The number of carbonyl (C=O) groups excluding carboxylic acids is 1. The van der Waals surface area contributed by atoms with Crippen LogP contribution in [0.1, 0.15) is 20.8 Å². The molecule has 1 heterocycles. The average molecular weight is 200 g/mol. The molecule has 1 saturated heterocycles. The van der Waals surface area contributed by atoms with Gasteiger partial charge in [-0.15, -0.1) is 0 Å². The molecule has 1 aliphatic rings. The third-order valence-electron chi connectivity index (χ3n) is 2.17. The quantitative estimate of drug-likeness (QED) is 0.662. The molecule has 0 bridgehead atoms. The van der Waals surface area contributed by atoms with E-state index >= 15 is 0 Å². The Kier molecular flexibility index (Phi) is 4.35. The summed E-state index contributed by atoms with van der Waals surface area (Å²) >= 11 is 0. The number of ether oxygens (including phenoxy) is 1. The van der Waals surface area contributed by atoms with Crippen molar-refractivity contribution < 1.29 is 9.53 Å². The summed E-state index contributed by atoms with van der Waals surface area (Å²) in [6.07, 6.45) is -0.0113. The van der Waals surface area contributed by atoms with Crippen LogP contribution in [0.2, 0.25) is 0 Å². The van der Waals surface area contributed by atoms with Gasteiger partial charge in [-0.2, -0.15) is 0 Å². The topological polar surface area (TPSA) is 41.6 Å². The summed E-state index contributed by atoms with van der Waals surface area (Å²) < 4.78 is 5.09. The Morgan fingerprint density at radius 3 is 2.93 bits per heavy atom. The van der Waals surface area contributed by atoms with Crippen LogP contribution in [0.5, 0.6) is 0 Å². The first-order valence-corrected chi connectivity index (χ1v) is 5.23. The van der Waals surface area contributed by atoms with Gasteiger partial charge in [0, 0.05) is 25.7 Å². The van der Waals surface area contributed by atoms with Crippen molar-refractivity contribution in [3.8, 4) is 0 Å². The first-order valence-electron chi connectivity index (χ1n) is 5.23. The van der Waals surface area contributed by atoms with Crippen LogP contribution in [-0.4, -0.2) is 49.2 Å². The van der Waals surface area contributed by atoms with Crippen LogP contribution in [0.25, 0.3) is 0 Å². The molecule has 1 aliphatic heterocycles. The van der Waals surface area contributed by atoms with Gasteiger partial charge >= 0.3 is 5.97 Å². The monoisotopic (exact) mass is 200 g/mol. The average Bonchev–Trinajstić information content (AvgIpc) is 2.01. The van der Waals surface area contributed by atoms with Gasteiger partial charge in [-0.3, -0.25) is 9.69 Å². The van der Waals surface area contributed by atoms with Crippen molar-refractivity contribution in [1.82, 2.24) is 10.2 Å². The van der Waals surface area contributed by atoms with Crippen LogP contribution >= 0.6 is 0 Å². The Bertz CT molecular complexity index is 195. The molecule has 1 N–H and O–H groups in total. The zero-order valence-corrected chi connectivity index (χ0v) is 9.25. The van der Waals surface area contributed by atoms with Gasteiger partial charge in [0.2, 0.25) is 0 Å². The lowest BCUT2D eigenvalue weighted by Crippen LogP contribution is -2.50. The molecule has 0 spiro atoms. The number of nitrogens with one attached hydrogen (secondary N) is 1. The van der Waals surface area contributed by atoms with E-state index in [-0.39, 0.29) is 12.1 Å². The predicted molar refractivity (Wildman–Crippen MR) is 55.1 cm³/mol. The van der Waals surface area contributed by atoms with Crippen LogP contribution in [0.3, 0.4) is 0 Å². The fourth-order valence-electron chi connectivity index (χ4n) is 1.64. The number of rotatable bonds is 3. The Hall–Kier alpha value is -0.610. The molecule has 1 rings (SSSR count). The molecule has 14 heavy (non-hydrogen) atoms. The van der Waals surface area contributed by atoms with E-state index in [9.17, 15) is 4.79 Å². The van der Waals surface area contributed by atoms with E-state index in [1.165, 1.54) is 0 Å². The molecule has 1 unspecified atom stereocenters. The first kappa shape index (κ1) is 11.5. The second-order valence-corrected chi connectivity index (χ2v) is 4.13. The zero-order valence-electron chi connectivity index (χ0n) is 9.25. The second-order valence-electron chi connectivity index (χ2n) is 4.13. The number of hydrogen-bond donors (Lipinski definition) is 1. The Labute approximate surface area is 85.6 Å². The van der Waals surface area contributed by atoms with E-state index in [0.717, 1.165) is 19.6 Å². The molecular weight excluding hydrogens is 180 g/mol. The standard InChI is InChI=1S/C10H20N2O2/c1-8(2)14-10(13)7-12-5-4-11-9(3)6-12/h8-9,11H,4-7H2,1-3H3. The van der Waals surface area contributed by atoms with Crippen molar-refractivity contribution in [2.45, 2.75) is 32.9 Å². The minimum Gasteiger partial charge on any atom is -0.462 e. The van der Waals surface area contributed by atoms with Crippen LogP contribution in [-0.2, 0) is 9.53 Å². The Morgan fingerprint density at radius 2 is 2.36 bits per heavy atom. The molecule has 1 fully saturated rings. The fraction of sp³-hybridized carbons (Fsp3) is 0.900. The molecule has 0 saturated carbocycles. The van der Waals surface area contributed by atoms with E-state index in [2.05, 4.69) is 17.1 Å². The van der Waals surface area contributed by atoms with Crippen molar-refractivity contribution >= 4 is 5.97 Å². The molecule has 82 valence electrons. The Morgan fingerprint density at radius 1 is 1.64 bits per heavy atom. The molecule has 0 aliphatic carbocycles. The van der Waals surface area contributed by atoms with Gasteiger partial charge in [0.15, 0.2) is 0 Å². The maximum Gasteiger partial charge on any atom is 0.320 e. The zero-order chi connectivity index (χ0) is 10.6. The maximum absolute atomic E-state index is 11.3. The number of esters is 1. The summed E-state index contributed by atoms with van der Waals surface area (Å²) in [7, 11) is 0. The lowest BCUT2D eigenvalue weighted by atomic mass is 10.2. The third kappa shape index (κ3) is 4.07. The molecule has 0 radical (unpaired) electrons. The van der Waals surface area contributed by atoms with Crippen LogP contribution in [0.15, 0.2) is 0 Å². The maximum atomic E-state index is 11.3. The summed E-state index contributed by atoms with van der Waals surface area (Å²) in [5.41, 5.74) is 0. The SMILES string of the molecule is CC1CN(CC(=O)OC(C)C)CCN1. The highest BCUT2D eigenvalue weighted by Gasteiger charge is 2.18. The van der Waals surface area contributed by atoms with Gasteiger partial charge in [-0.05, 0) is 20.8 Å². The summed E-state index contributed by atoms with van der Waals surface area (Å²) in [6, 6.07) is 0.468. The molecule has 0 aromatic heterocycles. The van der Waals surface area contributed by atoms with Gasteiger partial charge in [0.05, 0.1) is 12.6 Å². The third-order valence-corrected chi connectivity index (χ3v) is 2.17. The molecule has 1 atom stereocenters. The van der Waals surface area contributed by atoms with Crippen LogP contribution in [0, 0.1) is 0 Å². The summed E-state index contributed by atoms with van der Waals surface area (Å²) in [6.45, 7) is 9.10. The van der Waals surface area contributed by atoms with Crippen molar-refractivity contribution in [2.75, 3.05) is 26.2 Å². The van der Waals surface area contributed by atoms with Crippen molar-refractivity contribution in [3.05, 3.63) is 0 Å².